The van der Waals surface area contributed by atoms with Crippen molar-refractivity contribution in [1.29, 1.82) is 0 Å². The minimum absolute atomic E-state index is 0.140. The van der Waals surface area contributed by atoms with Gasteiger partial charge in [-0.3, -0.25) is 14.3 Å². The Labute approximate surface area is 155 Å². The number of hydrogen-bond donors (Lipinski definition) is 1. The maximum absolute atomic E-state index is 13.8. The molecule has 2 unspecified atom stereocenters. The summed E-state index contributed by atoms with van der Waals surface area (Å²) in [6, 6.07) is 5.89. The summed E-state index contributed by atoms with van der Waals surface area (Å²) in [6.45, 7) is 0.433. The Morgan fingerprint density at radius 2 is 2.23 bits per heavy atom. The lowest BCUT2D eigenvalue weighted by Gasteiger charge is -2.30. The number of nitrogens with one attached hydrogen (secondary N) is 1. The smallest absolute Gasteiger partial charge is 0.246 e. The van der Waals surface area contributed by atoms with E-state index in [9.17, 15) is 14.0 Å². The van der Waals surface area contributed by atoms with Gasteiger partial charge in [-0.25, -0.2) is 4.39 Å². The monoisotopic (exact) mass is 376 g/mol. The van der Waals surface area contributed by atoms with Crippen molar-refractivity contribution in [2.24, 2.45) is 7.05 Å². The van der Waals surface area contributed by atoms with E-state index in [1.807, 2.05) is 13.2 Å². The number of carbonyl (C=O) groups excluding carboxylic acids is 2. The second-order valence-electron chi connectivity index (χ2n) is 6.40. The largest absolute Gasteiger partial charge is 0.343 e. The predicted molar refractivity (Wildman–Crippen MR) is 98.0 cm³/mol. The van der Waals surface area contributed by atoms with E-state index in [0.29, 0.717) is 24.3 Å². The van der Waals surface area contributed by atoms with Gasteiger partial charge in [0.1, 0.15) is 11.9 Å². The fourth-order valence-electron chi connectivity index (χ4n) is 2.91. The maximum Gasteiger partial charge on any atom is 0.246 e. The van der Waals surface area contributed by atoms with Gasteiger partial charge in [0.2, 0.25) is 11.8 Å². The van der Waals surface area contributed by atoms with Gasteiger partial charge in [-0.1, -0.05) is 18.2 Å². The van der Waals surface area contributed by atoms with E-state index >= 15 is 0 Å². The molecule has 1 saturated heterocycles. The average molecular weight is 376 g/mol. The first-order valence-electron chi connectivity index (χ1n) is 8.32. The van der Waals surface area contributed by atoms with Crippen LogP contribution in [0.15, 0.2) is 36.7 Å². The summed E-state index contributed by atoms with van der Waals surface area (Å²) in [5.74, 6) is -0.201. The fraction of sp³-hybridized carbons (Fsp3) is 0.389. The van der Waals surface area contributed by atoms with Crippen LogP contribution in [0.2, 0.25) is 0 Å². The highest BCUT2D eigenvalue weighted by atomic mass is 32.2. The molecule has 6 nitrogen and oxygen atoms in total. The van der Waals surface area contributed by atoms with Gasteiger partial charge < -0.3 is 10.2 Å². The van der Waals surface area contributed by atoms with Gasteiger partial charge in [0.05, 0.1) is 11.4 Å². The van der Waals surface area contributed by atoms with Crippen molar-refractivity contribution in [3.8, 4) is 0 Å². The standard InChI is InChI=1S/C18H21FN4O2S/c1-22(9-12-8-20-23(2)10-12)18(25)15-11-26-16(17(24)21-15)7-13-5-3-4-6-14(13)19/h3-6,8,10,15-16H,7,9,11H2,1-2H3,(H,21,24). The number of amides is 2. The minimum atomic E-state index is -0.564. The highest BCUT2D eigenvalue weighted by Crippen LogP contribution is 2.24. The van der Waals surface area contributed by atoms with Crippen LogP contribution in [0.1, 0.15) is 11.1 Å². The molecule has 8 heteroatoms. The summed E-state index contributed by atoms with van der Waals surface area (Å²) in [4.78, 5) is 26.5. The molecule has 1 aromatic heterocycles. The number of halogens is 1. The van der Waals surface area contributed by atoms with Gasteiger partial charge in [-0.05, 0) is 18.1 Å². The van der Waals surface area contributed by atoms with Gasteiger partial charge in [-0.15, -0.1) is 11.8 Å². The third kappa shape index (κ3) is 4.24. The van der Waals surface area contributed by atoms with Gasteiger partial charge in [0.15, 0.2) is 0 Å². The molecule has 1 fully saturated rings. The molecular weight excluding hydrogens is 355 g/mol. The predicted octanol–water partition coefficient (Wildman–Crippen LogP) is 1.36. The Morgan fingerprint density at radius 1 is 1.46 bits per heavy atom. The van der Waals surface area contributed by atoms with Crippen LogP contribution < -0.4 is 5.32 Å². The molecule has 0 spiro atoms. The van der Waals surface area contributed by atoms with Gasteiger partial charge in [0, 0.05) is 38.2 Å². The van der Waals surface area contributed by atoms with Crippen molar-refractivity contribution in [3.63, 3.8) is 0 Å². The second kappa shape index (κ2) is 7.90. The molecule has 1 N–H and O–H groups in total. The Hall–Kier alpha value is -2.35. The second-order valence-corrected chi connectivity index (χ2v) is 7.63. The molecule has 2 heterocycles. The van der Waals surface area contributed by atoms with Crippen molar-refractivity contribution >= 4 is 23.6 Å². The van der Waals surface area contributed by atoms with E-state index in [1.54, 1.807) is 41.0 Å². The zero-order chi connectivity index (χ0) is 18.7. The number of nitrogens with zero attached hydrogens (tertiary/aromatic N) is 3. The number of thioether (sulfide) groups is 1. The van der Waals surface area contributed by atoms with E-state index in [-0.39, 0.29) is 22.9 Å². The summed E-state index contributed by atoms with van der Waals surface area (Å²) in [5.41, 5.74) is 1.44. The van der Waals surface area contributed by atoms with Crippen LogP contribution in [0.3, 0.4) is 0 Å². The lowest BCUT2D eigenvalue weighted by atomic mass is 10.1. The van der Waals surface area contributed by atoms with Crippen LogP contribution in [0.5, 0.6) is 0 Å². The molecule has 0 saturated carbocycles. The summed E-state index contributed by atoms with van der Waals surface area (Å²) in [5, 5.41) is 6.48. The molecule has 2 amide bonds. The van der Waals surface area contributed by atoms with Gasteiger partial charge >= 0.3 is 0 Å². The normalized spacial score (nSPS) is 19.9. The van der Waals surface area contributed by atoms with Crippen molar-refractivity contribution < 1.29 is 14.0 Å². The average Bonchev–Trinajstić information content (AvgIpc) is 3.02. The lowest BCUT2D eigenvalue weighted by Crippen LogP contribution is -2.54. The van der Waals surface area contributed by atoms with Gasteiger partial charge in [-0.2, -0.15) is 5.10 Å². The van der Waals surface area contributed by atoms with Crippen LogP contribution in [0.25, 0.3) is 0 Å². The van der Waals surface area contributed by atoms with Gasteiger partial charge in [0.25, 0.3) is 0 Å². The highest BCUT2D eigenvalue weighted by Gasteiger charge is 2.34. The topological polar surface area (TPSA) is 67.2 Å². The van der Waals surface area contributed by atoms with E-state index in [4.69, 9.17) is 0 Å². The molecule has 0 aliphatic carbocycles. The number of carbonyl (C=O) groups is 2. The Morgan fingerprint density at radius 3 is 2.88 bits per heavy atom. The highest BCUT2D eigenvalue weighted by molar-refractivity contribution is 8.00. The lowest BCUT2D eigenvalue weighted by molar-refractivity contribution is -0.135. The van der Waals surface area contributed by atoms with Crippen molar-refractivity contribution in [1.82, 2.24) is 20.0 Å². The molecule has 1 aromatic carbocycles. The molecule has 0 radical (unpaired) electrons. The van der Waals surface area contributed by atoms with Crippen LogP contribution in [0.4, 0.5) is 4.39 Å². The molecule has 1 aliphatic rings. The Kier molecular flexibility index (Phi) is 5.61. The zero-order valence-electron chi connectivity index (χ0n) is 14.7. The molecule has 2 atom stereocenters. The van der Waals surface area contributed by atoms with Crippen molar-refractivity contribution in [3.05, 3.63) is 53.6 Å². The molecule has 26 heavy (non-hydrogen) atoms. The third-order valence-corrected chi connectivity index (χ3v) is 5.60. The first-order chi connectivity index (χ1) is 12.4. The molecule has 2 aromatic rings. The van der Waals surface area contributed by atoms with Crippen LogP contribution in [-0.4, -0.2) is 50.6 Å². The quantitative estimate of drug-likeness (QED) is 0.856. The van der Waals surface area contributed by atoms with Crippen LogP contribution in [-0.2, 0) is 29.6 Å². The zero-order valence-corrected chi connectivity index (χ0v) is 15.5. The maximum atomic E-state index is 13.8. The summed E-state index contributed by atoms with van der Waals surface area (Å²) >= 11 is 1.40. The Balaban J connectivity index is 1.56. The number of likely N-dealkylation sites (N-methyl/N-ethyl adjacent to an activating group) is 1. The summed E-state index contributed by atoms with van der Waals surface area (Å²) in [7, 11) is 3.52. The summed E-state index contributed by atoms with van der Waals surface area (Å²) in [6.07, 6.45) is 3.88. The van der Waals surface area contributed by atoms with E-state index in [0.717, 1.165) is 5.56 Å². The molecular formula is C18H21FN4O2S. The first-order valence-corrected chi connectivity index (χ1v) is 9.37. The molecule has 1 aliphatic heterocycles. The molecule has 3 rings (SSSR count). The number of rotatable bonds is 5. The van der Waals surface area contributed by atoms with Crippen molar-refractivity contribution in [2.45, 2.75) is 24.3 Å². The van der Waals surface area contributed by atoms with E-state index in [2.05, 4.69) is 10.4 Å². The molecule has 0 bridgehead atoms. The third-order valence-electron chi connectivity index (χ3n) is 4.29. The fourth-order valence-corrected chi connectivity index (χ4v) is 4.08. The minimum Gasteiger partial charge on any atom is -0.343 e. The van der Waals surface area contributed by atoms with E-state index in [1.165, 1.54) is 17.8 Å². The van der Waals surface area contributed by atoms with Crippen LogP contribution >= 0.6 is 11.8 Å². The Bertz CT molecular complexity index is 810. The molecule has 138 valence electrons. The number of hydrogen-bond acceptors (Lipinski definition) is 4. The number of benzene rings is 1. The summed E-state index contributed by atoms with van der Waals surface area (Å²) < 4.78 is 15.5. The van der Waals surface area contributed by atoms with Crippen LogP contribution in [0, 0.1) is 5.82 Å². The van der Waals surface area contributed by atoms with Crippen molar-refractivity contribution in [2.75, 3.05) is 12.8 Å². The number of aromatic nitrogens is 2. The number of aryl methyl sites for hydroxylation is 1. The first kappa shape index (κ1) is 18.4. The SMILES string of the molecule is CN(Cc1cnn(C)c1)C(=O)C1CSC(Cc2ccccc2F)C(=O)N1. The van der Waals surface area contributed by atoms with E-state index < -0.39 is 6.04 Å².